The molecule has 1 aliphatic heterocycles. The van der Waals surface area contributed by atoms with Gasteiger partial charge in [0.1, 0.15) is 11.9 Å². The average Bonchev–Trinajstić information content (AvgIpc) is 3.17. The van der Waals surface area contributed by atoms with E-state index in [0.717, 1.165) is 16.2 Å². The largest absolute Gasteiger partial charge is 0.397 e. The third-order valence-corrected chi connectivity index (χ3v) is 5.58. The van der Waals surface area contributed by atoms with Crippen LogP contribution in [0, 0.1) is 12.7 Å². The van der Waals surface area contributed by atoms with Crippen molar-refractivity contribution in [3.8, 4) is 5.69 Å². The number of nitrogens with two attached hydrogens (primary N) is 1. The van der Waals surface area contributed by atoms with Gasteiger partial charge in [-0.1, -0.05) is 24.3 Å². The Kier molecular flexibility index (Phi) is 6.39. The van der Waals surface area contributed by atoms with E-state index in [1.165, 1.54) is 18.6 Å². The molecule has 1 amide bonds. The van der Waals surface area contributed by atoms with Crippen molar-refractivity contribution in [1.82, 2.24) is 14.9 Å². The maximum Gasteiger partial charge on any atom is 0.256 e. The van der Waals surface area contributed by atoms with Gasteiger partial charge in [0.15, 0.2) is 0 Å². The van der Waals surface area contributed by atoms with E-state index < -0.39 is 30.7 Å². The van der Waals surface area contributed by atoms with Crippen LogP contribution in [-0.2, 0) is 11.2 Å². The first-order chi connectivity index (χ1) is 15.8. The summed E-state index contributed by atoms with van der Waals surface area (Å²) in [5, 5.41) is 2.96. The number of anilines is 1. The molecule has 0 fully saturated rings. The Morgan fingerprint density at radius 2 is 2.06 bits per heavy atom. The number of hydrogen-bond acceptors (Lipinski definition) is 4. The number of carbonyl (C=O) groups excluding carboxylic acids is 1. The van der Waals surface area contributed by atoms with Crippen molar-refractivity contribution in [2.45, 2.75) is 32.2 Å². The Balaban J connectivity index is 1.53. The molecule has 3 N–H and O–H groups in total. The van der Waals surface area contributed by atoms with Crippen LogP contribution in [0.15, 0.2) is 61.2 Å². The van der Waals surface area contributed by atoms with E-state index in [0.29, 0.717) is 29.8 Å². The van der Waals surface area contributed by atoms with Crippen LogP contribution in [-0.4, -0.2) is 34.5 Å². The number of aryl methyl sites for hydroxylation is 2. The second kappa shape index (κ2) is 9.40. The van der Waals surface area contributed by atoms with Gasteiger partial charge in [0.2, 0.25) is 5.91 Å². The highest BCUT2D eigenvalue weighted by Gasteiger charge is 2.31. The number of hydrogen-bond donors (Lipinski definition) is 2. The zero-order chi connectivity index (χ0) is 23.5. The van der Waals surface area contributed by atoms with Gasteiger partial charge >= 0.3 is 0 Å². The summed E-state index contributed by atoms with van der Waals surface area (Å²) < 4.78 is 42.6. The summed E-state index contributed by atoms with van der Waals surface area (Å²) in [6, 6.07) is 10.9. The maximum absolute atomic E-state index is 14.7. The molecule has 6 nitrogen and oxygen atoms in total. The van der Waals surface area contributed by atoms with E-state index in [9.17, 15) is 18.0 Å². The van der Waals surface area contributed by atoms with Gasteiger partial charge in [-0.2, -0.15) is 0 Å². The number of nitrogens with one attached hydrogen (secondary N) is 1. The van der Waals surface area contributed by atoms with E-state index in [2.05, 4.69) is 10.3 Å². The molecule has 9 heteroatoms. The Morgan fingerprint density at radius 3 is 2.76 bits per heavy atom. The molecule has 33 heavy (non-hydrogen) atoms. The van der Waals surface area contributed by atoms with E-state index in [1.54, 1.807) is 35.0 Å². The molecule has 2 aromatic carbocycles. The van der Waals surface area contributed by atoms with Crippen LogP contribution in [0.25, 0.3) is 11.4 Å². The molecular weight excluding hydrogens is 431 g/mol. The van der Waals surface area contributed by atoms with Gasteiger partial charge in [0.25, 0.3) is 6.43 Å². The molecule has 1 aliphatic rings. The van der Waals surface area contributed by atoms with Crippen LogP contribution in [0.5, 0.6) is 0 Å². The minimum atomic E-state index is -2.66. The number of fused-ring (bicyclic) bond motifs is 1. The predicted octanol–water partition coefficient (Wildman–Crippen LogP) is 3.78. The highest BCUT2D eigenvalue weighted by molar-refractivity contribution is 5.98. The van der Waals surface area contributed by atoms with Crippen molar-refractivity contribution in [2.75, 3.05) is 11.4 Å². The number of imidazole rings is 1. The second-order valence-electron chi connectivity index (χ2n) is 7.91. The number of alkyl halides is 2. The molecule has 3 aromatic rings. The number of amides is 1. The lowest BCUT2D eigenvalue weighted by atomic mass is 10.1. The highest BCUT2D eigenvalue weighted by atomic mass is 19.3. The second-order valence-corrected chi connectivity index (χ2v) is 7.91. The third-order valence-electron chi connectivity index (χ3n) is 5.58. The highest BCUT2D eigenvalue weighted by Crippen LogP contribution is 2.28. The van der Waals surface area contributed by atoms with Crippen LogP contribution in [0.4, 0.5) is 18.9 Å². The van der Waals surface area contributed by atoms with E-state index >= 15 is 0 Å². The maximum atomic E-state index is 14.7. The lowest BCUT2D eigenvalue weighted by molar-refractivity contribution is -0.120. The first-order valence-electron chi connectivity index (χ1n) is 10.5. The SMILES string of the molecule is Cc1cn(-c2ccc(/C(N)=C/NC3CCc4ccccc4N(CC(F)F)C3=O)cc2F)cn1. The molecule has 0 radical (unpaired) electrons. The quantitative estimate of drug-likeness (QED) is 0.593. The first kappa shape index (κ1) is 22.4. The van der Waals surface area contributed by atoms with Crippen LogP contribution in [0.2, 0.25) is 0 Å². The van der Waals surface area contributed by atoms with Crippen molar-refractivity contribution < 1.29 is 18.0 Å². The molecule has 1 atom stereocenters. The van der Waals surface area contributed by atoms with E-state index in [-0.39, 0.29) is 5.70 Å². The molecule has 0 aliphatic carbocycles. The van der Waals surface area contributed by atoms with Crippen molar-refractivity contribution in [1.29, 1.82) is 0 Å². The lowest BCUT2D eigenvalue weighted by Gasteiger charge is -2.25. The van der Waals surface area contributed by atoms with Crippen molar-refractivity contribution >= 4 is 17.3 Å². The van der Waals surface area contributed by atoms with Crippen LogP contribution in [0.3, 0.4) is 0 Å². The number of halogens is 3. The summed E-state index contributed by atoms with van der Waals surface area (Å²) in [6.45, 7) is 1.12. The summed E-state index contributed by atoms with van der Waals surface area (Å²) in [4.78, 5) is 18.3. The fraction of sp³-hybridized carbons (Fsp3) is 0.250. The van der Waals surface area contributed by atoms with Gasteiger partial charge in [0, 0.05) is 23.6 Å². The molecule has 0 bridgehead atoms. The summed E-state index contributed by atoms with van der Waals surface area (Å²) in [5.41, 5.74) is 9.20. The molecule has 4 rings (SSSR count). The first-order valence-corrected chi connectivity index (χ1v) is 10.5. The molecule has 2 heterocycles. The zero-order valence-electron chi connectivity index (χ0n) is 18.0. The fourth-order valence-corrected chi connectivity index (χ4v) is 3.92. The van der Waals surface area contributed by atoms with Gasteiger partial charge in [-0.15, -0.1) is 0 Å². The van der Waals surface area contributed by atoms with Gasteiger partial charge in [-0.05, 0) is 43.5 Å². The number of nitrogens with zero attached hydrogens (tertiary/aromatic N) is 3. The molecule has 0 spiro atoms. The molecule has 1 unspecified atom stereocenters. The number of benzene rings is 2. The standard InChI is InChI=1S/C24H24F3N5O/c1-15-12-31(14-30-15)22-9-7-17(10-18(22)25)19(28)11-29-20-8-6-16-4-2-3-5-21(16)32(24(20)33)13-23(26)27/h2-5,7,9-12,14,20,23,29H,6,8,13,28H2,1H3/b19-11-. The Morgan fingerprint density at radius 1 is 1.27 bits per heavy atom. The van der Waals surface area contributed by atoms with Gasteiger partial charge in [0.05, 0.1) is 30.0 Å². The number of rotatable bonds is 6. The molecule has 172 valence electrons. The van der Waals surface area contributed by atoms with E-state index in [1.807, 2.05) is 19.1 Å². The number of para-hydroxylation sites is 1. The van der Waals surface area contributed by atoms with Crippen LogP contribution >= 0.6 is 0 Å². The summed E-state index contributed by atoms with van der Waals surface area (Å²) in [6.07, 6.45) is 2.94. The summed E-state index contributed by atoms with van der Waals surface area (Å²) >= 11 is 0. The smallest absolute Gasteiger partial charge is 0.256 e. The third kappa shape index (κ3) is 4.87. The van der Waals surface area contributed by atoms with Crippen LogP contribution < -0.4 is 16.0 Å². The van der Waals surface area contributed by atoms with Gasteiger partial charge in [-0.3, -0.25) is 4.79 Å². The summed E-state index contributed by atoms with van der Waals surface area (Å²) in [7, 11) is 0. The topological polar surface area (TPSA) is 76.2 Å². The Labute approximate surface area is 189 Å². The predicted molar refractivity (Wildman–Crippen MR) is 120 cm³/mol. The van der Waals surface area contributed by atoms with Crippen molar-refractivity contribution in [3.63, 3.8) is 0 Å². The monoisotopic (exact) mass is 455 g/mol. The minimum absolute atomic E-state index is 0.220. The van der Waals surface area contributed by atoms with Crippen molar-refractivity contribution in [3.05, 3.63) is 83.8 Å². The van der Waals surface area contributed by atoms with Crippen LogP contribution in [0.1, 0.15) is 23.2 Å². The van der Waals surface area contributed by atoms with E-state index in [4.69, 9.17) is 5.73 Å². The average molecular weight is 455 g/mol. The summed E-state index contributed by atoms with van der Waals surface area (Å²) in [5.74, 6) is -0.938. The van der Waals surface area contributed by atoms with Gasteiger partial charge in [-0.25, -0.2) is 18.2 Å². The fourth-order valence-electron chi connectivity index (χ4n) is 3.92. The number of aromatic nitrogens is 2. The Hall–Kier alpha value is -3.75. The molecule has 1 aromatic heterocycles. The molecular formula is C24H24F3N5O. The minimum Gasteiger partial charge on any atom is -0.397 e. The molecule has 0 saturated carbocycles. The lowest BCUT2D eigenvalue weighted by Crippen LogP contribution is -2.46. The zero-order valence-corrected chi connectivity index (χ0v) is 18.0. The van der Waals surface area contributed by atoms with Gasteiger partial charge < -0.3 is 20.5 Å². The van der Waals surface area contributed by atoms with Crippen molar-refractivity contribution in [2.24, 2.45) is 5.73 Å². The molecule has 0 saturated heterocycles. The normalized spacial score (nSPS) is 16.6. The number of carbonyl (C=O) groups is 1. The Bertz CT molecular complexity index is 1190.